The van der Waals surface area contributed by atoms with Gasteiger partial charge in [0, 0.05) is 18.4 Å². The first kappa shape index (κ1) is 16.2. The highest BCUT2D eigenvalue weighted by Gasteiger charge is 2.35. The van der Waals surface area contributed by atoms with Crippen LogP contribution >= 0.6 is 0 Å². The number of fused-ring (bicyclic) bond motifs is 4. The molecule has 1 aromatic carbocycles. The van der Waals surface area contributed by atoms with Gasteiger partial charge in [-0.2, -0.15) is 5.10 Å². The summed E-state index contributed by atoms with van der Waals surface area (Å²) in [4.78, 5) is 15.5. The van der Waals surface area contributed by atoms with Crippen molar-refractivity contribution >= 4 is 22.3 Å². The van der Waals surface area contributed by atoms with Crippen LogP contribution in [0.25, 0.3) is 16.5 Å². The minimum atomic E-state index is 0.188. The topological polar surface area (TPSA) is 58.2 Å². The average molecular weight is 351 g/mol. The highest BCUT2D eigenvalue weighted by molar-refractivity contribution is 6.06. The molecular formula is C21H25N3O2. The second-order valence-corrected chi connectivity index (χ2v) is 7.91. The summed E-state index contributed by atoms with van der Waals surface area (Å²) in [5.74, 6) is 1.41. The number of nitrogens with zero attached hydrogens (tertiary/aromatic N) is 2. The lowest BCUT2D eigenvalue weighted by Gasteiger charge is -2.44. The standard InChI is InChI=1S/C21H25N3O2/c25-20(12-17-13-24-7-3-14(17)4-8-24)21-18-11-16(1-2-19(18)22-23-21)15-5-9-26-10-6-15/h1-2,5,11,14,17H,3-4,6-10,12-13H2,(H,22,23)/t17-/m0/s1. The van der Waals surface area contributed by atoms with E-state index in [0.29, 0.717) is 24.6 Å². The largest absolute Gasteiger partial charge is 0.377 e. The molecule has 2 bridgehead atoms. The van der Waals surface area contributed by atoms with Gasteiger partial charge < -0.3 is 9.64 Å². The molecule has 6 rings (SSSR count). The highest BCUT2D eigenvalue weighted by atomic mass is 16.5. The van der Waals surface area contributed by atoms with Crippen LogP contribution in [0.4, 0.5) is 0 Å². The van der Waals surface area contributed by atoms with E-state index in [1.807, 2.05) is 6.07 Å². The van der Waals surface area contributed by atoms with Crippen molar-refractivity contribution in [1.82, 2.24) is 15.1 Å². The van der Waals surface area contributed by atoms with Crippen LogP contribution in [0.3, 0.4) is 0 Å². The summed E-state index contributed by atoms with van der Waals surface area (Å²) in [5, 5.41) is 8.38. The number of H-pyrrole nitrogens is 1. The Balaban J connectivity index is 1.41. The van der Waals surface area contributed by atoms with Crippen LogP contribution in [0.15, 0.2) is 24.3 Å². The van der Waals surface area contributed by atoms with Gasteiger partial charge in [-0.1, -0.05) is 12.1 Å². The predicted molar refractivity (Wildman–Crippen MR) is 101 cm³/mol. The summed E-state index contributed by atoms with van der Waals surface area (Å²) in [7, 11) is 0. The van der Waals surface area contributed by atoms with Crippen molar-refractivity contribution in [1.29, 1.82) is 0 Å². The van der Waals surface area contributed by atoms with Crippen molar-refractivity contribution in [3.8, 4) is 0 Å². The Hall–Kier alpha value is -1.98. The third-order valence-corrected chi connectivity index (χ3v) is 6.40. The van der Waals surface area contributed by atoms with Crippen LogP contribution in [0.5, 0.6) is 0 Å². The van der Waals surface area contributed by atoms with Gasteiger partial charge in [-0.3, -0.25) is 9.89 Å². The Kier molecular flexibility index (Phi) is 4.14. The summed E-state index contributed by atoms with van der Waals surface area (Å²) in [6.07, 6.45) is 6.19. The number of ether oxygens (including phenoxy) is 1. The van der Waals surface area contributed by atoms with Gasteiger partial charge in [0.1, 0.15) is 5.69 Å². The number of carbonyl (C=O) groups is 1. The number of ketones is 1. The highest BCUT2D eigenvalue weighted by Crippen LogP contribution is 2.35. The minimum absolute atomic E-state index is 0.188. The number of aromatic nitrogens is 2. The number of hydrogen-bond acceptors (Lipinski definition) is 4. The number of rotatable bonds is 4. The maximum Gasteiger partial charge on any atom is 0.184 e. The van der Waals surface area contributed by atoms with Gasteiger partial charge in [-0.15, -0.1) is 0 Å². The predicted octanol–water partition coefficient (Wildman–Crippen LogP) is 3.28. The molecule has 136 valence electrons. The van der Waals surface area contributed by atoms with E-state index in [1.165, 1.54) is 37.1 Å². The van der Waals surface area contributed by atoms with E-state index >= 15 is 0 Å². The maximum absolute atomic E-state index is 13.0. The second-order valence-electron chi connectivity index (χ2n) is 7.91. The molecule has 3 fully saturated rings. The Bertz CT molecular complexity index is 861. The SMILES string of the molecule is O=C(C[C@H]1CN2CCC1CC2)c1n[nH]c2ccc(C3=CCOCC3)cc12. The van der Waals surface area contributed by atoms with Crippen molar-refractivity contribution < 1.29 is 9.53 Å². The van der Waals surface area contributed by atoms with Crippen LogP contribution in [0, 0.1) is 11.8 Å². The van der Waals surface area contributed by atoms with Gasteiger partial charge in [-0.25, -0.2) is 0 Å². The molecule has 1 N–H and O–H groups in total. The monoisotopic (exact) mass is 351 g/mol. The summed E-state index contributed by atoms with van der Waals surface area (Å²) >= 11 is 0. The number of piperidine rings is 3. The number of aromatic amines is 1. The van der Waals surface area contributed by atoms with Gasteiger partial charge in [0.2, 0.25) is 0 Å². The maximum atomic E-state index is 13.0. The number of hydrogen-bond donors (Lipinski definition) is 1. The van der Waals surface area contributed by atoms with Crippen molar-refractivity contribution in [2.45, 2.75) is 25.7 Å². The van der Waals surface area contributed by atoms with Crippen molar-refractivity contribution in [2.75, 3.05) is 32.8 Å². The van der Waals surface area contributed by atoms with Gasteiger partial charge in [0.25, 0.3) is 0 Å². The molecule has 0 saturated carbocycles. The normalized spacial score (nSPS) is 28.3. The molecule has 5 nitrogen and oxygen atoms in total. The third kappa shape index (κ3) is 2.89. The molecule has 0 unspecified atom stereocenters. The molecule has 26 heavy (non-hydrogen) atoms. The molecule has 3 saturated heterocycles. The smallest absolute Gasteiger partial charge is 0.184 e. The summed E-state index contributed by atoms with van der Waals surface area (Å²) < 4.78 is 5.41. The van der Waals surface area contributed by atoms with Crippen molar-refractivity contribution in [3.05, 3.63) is 35.5 Å². The lowest BCUT2D eigenvalue weighted by Crippen LogP contribution is -2.47. The van der Waals surface area contributed by atoms with E-state index in [0.717, 1.165) is 36.4 Å². The molecule has 4 aliphatic heterocycles. The van der Waals surface area contributed by atoms with Crippen LogP contribution in [0.2, 0.25) is 0 Å². The van der Waals surface area contributed by atoms with Crippen LogP contribution in [-0.2, 0) is 4.74 Å². The fourth-order valence-corrected chi connectivity index (χ4v) is 4.87. The Morgan fingerprint density at radius 1 is 1.31 bits per heavy atom. The summed E-state index contributed by atoms with van der Waals surface area (Å²) in [6.45, 7) is 4.94. The molecule has 1 aromatic heterocycles. The number of benzene rings is 1. The Morgan fingerprint density at radius 2 is 2.19 bits per heavy atom. The van der Waals surface area contributed by atoms with Crippen LogP contribution < -0.4 is 0 Å². The average Bonchev–Trinajstić information content (AvgIpc) is 3.13. The van der Waals surface area contributed by atoms with E-state index in [1.54, 1.807) is 0 Å². The molecule has 0 spiro atoms. The first-order valence-corrected chi connectivity index (χ1v) is 9.79. The Morgan fingerprint density at radius 3 is 2.92 bits per heavy atom. The van der Waals surface area contributed by atoms with Gasteiger partial charge in [-0.05, 0) is 67.5 Å². The number of Topliss-reactive ketones (excluding diaryl/α,β-unsaturated/α-hetero) is 1. The molecule has 0 radical (unpaired) electrons. The van der Waals surface area contributed by atoms with E-state index in [2.05, 4.69) is 33.3 Å². The van der Waals surface area contributed by atoms with Gasteiger partial charge in [0.15, 0.2) is 5.78 Å². The Labute approximate surface area is 153 Å². The van der Waals surface area contributed by atoms with Crippen molar-refractivity contribution in [3.63, 3.8) is 0 Å². The lowest BCUT2D eigenvalue weighted by molar-refractivity contribution is 0.0440. The van der Waals surface area contributed by atoms with Crippen molar-refractivity contribution in [2.24, 2.45) is 11.8 Å². The summed E-state index contributed by atoms with van der Waals surface area (Å²) in [6, 6.07) is 6.28. The van der Waals surface area contributed by atoms with Gasteiger partial charge >= 0.3 is 0 Å². The molecule has 1 atom stereocenters. The first-order chi connectivity index (χ1) is 12.8. The van der Waals surface area contributed by atoms with E-state index in [9.17, 15) is 4.79 Å². The number of carbonyl (C=O) groups excluding carboxylic acids is 1. The molecule has 5 heteroatoms. The van der Waals surface area contributed by atoms with E-state index < -0.39 is 0 Å². The van der Waals surface area contributed by atoms with Crippen LogP contribution in [0.1, 0.15) is 41.7 Å². The molecule has 5 heterocycles. The molecular weight excluding hydrogens is 326 g/mol. The van der Waals surface area contributed by atoms with E-state index in [-0.39, 0.29) is 5.78 Å². The molecule has 2 aromatic rings. The fourth-order valence-electron chi connectivity index (χ4n) is 4.87. The minimum Gasteiger partial charge on any atom is -0.377 e. The molecule has 4 aliphatic rings. The molecule has 0 aliphatic carbocycles. The fraction of sp³-hybridized carbons (Fsp3) is 0.524. The van der Waals surface area contributed by atoms with E-state index in [4.69, 9.17) is 4.74 Å². The zero-order valence-corrected chi connectivity index (χ0v) is 15.0. The third-order valence-electron chi connectivity index (χ3n) is 6.40. The first-order valence-electron chi connectivity index (χ1n) is 9.79. The summed E-state index contributed by atoms with van der Waals surface area (Å²) in [5.41, 5.74) is 4.04. The zero-order chi connectivity index (χ0) is 17.5. The second kappa shape index (κ2) is 6.63. The lowest BCUT2D eigenvalue weighted by atomic mass is 9.76. The number of nitrogens with one attached hydrogen (secondary N) is 1. The molecule has 0 amide bonds. The van der Waals surface area contributed by atoms with Crippen LogP contribution in [-0.4, -0.2) is 53.7 Å². The quantitative estimate of drug-likeness (QED) is 0.859. The zero-order valence-electron chi connectivity index (χ0n) is 15.0. The van der Waals surface area contributed by atoms with Gasteiger partial charge in [0.05, 0.1) is 18.7 Å².